The van der Waals surface area contributed by atoms with Gasteiger partial charge in [-0.25, -0.2) is 4.79 Å². The Morgan fingerprint density at radius 2 is 1.74 bits per heavy atom. The van der Waals surface area contributed by atoms with Gasteiger partial charge < -0.3 is 10.6 Å². The Hall–Kier alpha value is -3.61. The summed E-state index contributed by atoms with van der Waals surface area (Å²) in [4.78, 5) is 37.2. The highest BCUT2D eigenvalue weighted by atomic mass is 16.2. The van der Waals surface area contributed by atoms with Crippen molar-refractivity contribution in [2.45, 2.75) is 6.54 Å². The fourth-order valence-electron chi connectivity index (χ4n) is 2.90. The number of amides is 2. The minimum absolute atomic E-state index is 0.150. The van der Waals surface area contributed by atoms with E-state index in [2.05, 4.69) is 17.2 Å². The third-order valence-electron chi connectivity index (χ3n) is 4.21. The Morgan fingerprint density at radius 1 is 1.07 bits per heavy atom. The average Bonchev–Trinajstić information content (AvgIpc) is 2.91. The molecule has 0 saturated heterocycles. The van der Waals surface area contributed by atoms with Gasteiger partial charge >= 0.3 is 5.69 Å². The van der Waals surface area contributed by atoms with Crippen molar-refractivity contribution >= 4 is 28.5 Å². The van der Waals surface area contributed by atoms with Gasteiger partial charge in [-0.3, -0.25) is 18.7 Å². The van der Waals surface area contributed by atoms with Gasteiger partial charge in [0, 0.05) is 13.6 Å². The first-order valence-electron chi connectivity index (χ1n) is 8.45. The molecule has 0 fully saturated rings. The summed E-state index contributed by atoms with van der Waals surface area (Å²) >= 11 is 0. The van der Waals surface area contributed by atoms with Gasteiger partial charge in [0.25, 0.3) is 5.91 Å². The van der Waals surface area contributed by atoms with Gasteiger partial charge in [-0.05, 0) is 24.3 Å². The van der Waals surface area contributed by atoms with Crippen LogP contribution >= 0.6 is 0 Å². The molecule has 7 nitrogen and oxygen atoms in total. The average molecular weight is 364 g/mol. The van der Waals surface area contributed by atoms with Gasteiger partial charge in [0.15, 0.2) is 0 Å². The molecule has 0 bridgehead atoms. The molecule has 0 unspecified atom stereocenters. The van der Waals surface area contributed by atoms with E-state index >= 15 is 0 Å². The molecule has 2 amide bonds. The highest BCUT2D eigenvalue weighted by Crippen LogP contribution is 2.16. The number of anilines is 1. The van der Waals surface area contributed by atoms with E-state index in [1.165, 1.54) is 9.13 Å². The number of carbonyl (C=O) groups excluding carboxylic acids is 2. The number of carbonyl (C=O) groups is 2. The van der Waals surface area contributed by atoms with E-state index in [0.29, 0.717) is 23.3 Å². The molecule has 1 heterocycles. The Kier molecular flexibility index (Phi) is 5.21. The van der Waals surface area contributed by atoms with E-state index in [4.69, 9.17) is 0 Å². The van der Waals surface area contributed by atoms with Crippen LogP contribution in [0, 0.1) is 0 Å². The van der Waals surface area contributed by atoms with Crippen molar-refractivity contribution in [2.75, 3.05) is 11.9 Å². The molecule has 1 aromatic heterocycles. The van der Waals surface area contributed by atoms with Crippen molar-refractivity contribution in [3.8, 4) is 0 Å². The van der Waals surface area contributed by atoms with E-state index in [1.54, 1.807) is 43.5 Å². The number of nitrogens with one attached hydrogen (secondary N) is 2. The topological polar surface area (TPSA) is 85.1 Å². The molecule has 27 heavy (non-hydrogen) atoms. The van der Waals surface area contributed by atoms with E-state index < -0.39 is 5.91 Å². The van der Waals surface area contributed by atoms with Crippen LogP contribution in [-0.2, 0) is 18.4 Å². The number of para-hydroxylation sites is 3. The largest absolute Gasteiger partial charge is 0.349 e. The maximum Gasteiger partial charge on any atom is 0.329 e. The van der Waals surface area contributed by atoms with Crippen molar-refractivity contribution in [2.24, 2.45) is 7.05 Å². The lowest BCUT2D eigenvalue weighted by atomic mass is 10.1. The summed E-state index contributed by atoms with van der Waals surface area (Å²) in [6.45, 7) is 3.74. The predicted octanol–water partition coefficient (Wildman–Crippen LogP) is 1.89. The number of rotatable bonds is 6. The number of nitrogens with zero attached hydrogens (tertiary/aromatic N) is 2. The summed E-state index contributed by atoms with van der Waals surface area (Å²) in [5, 5.41) is 5.40. The van der Waals surface area contributed by atoms with Crippen molar-refractivity contribution in [3.63, 3.8) is 0 Å². The second-order valence-electron chi connectivity index (χ2n) is 6.01. The third-order valence-corrected chi connectivity index (χ3v) is 4.21. The van der Waals surface area contributed by atoms with Crippen LogP contribution in [0.5, 0.6) is 0 Å². The van der Waals surface area contributed by atoms with Crippen LogP contribution in [-0.4, -0.2) is 27.5 Å². The first kappa shape index (κ1) is 18.2. The van der Waals surface area contributed by atoms with Crippen LogP contribution in [0.1, 0.15) is 10.4 Å². The summed E-state index contributed by atoms with van der Waals surface area (Å²) in [5.41, 5.74) is 1.88. The molecule has 0 spiro atoms. The smallest absolute Gasteiger partial charge is 0.329 e. The zero-order valence-corrected chi connectivity index (χ0v) is 14.9. The van der Waals surface area contributed by atoms with Crippen molar-refractivity contribution in [1.82, 2.24) is 14.5 Å². The number of hydrogen-bond donors (Lipinski definition) is 2. The van der Waals surface area contributed by atoms with Crippen LogP contribution in [0.3, 0.4) is 0 Å². The van der Waals surface area contributed by atoms with Crippen LogP contribution in [0.25, 0.3) is 11.0 Å². The lowest BCUT2D eigenvalue weighted by Gasteiger charge is -2.11. The summed E-state index contributed by atoms with van der Waals surface area (Å²) in [5.74, 6) is -0.703. The Balaban J connectivity index is 1.84. The van der Waals surface area contributed by atoms with Gasteiger partial charge in [0.05, 0.1) is 22.3 Å². The number of aryl methyl sites for hydroxylation is 1. The van der Waals surface area contributed by atoms with Crippen LogP contribution in [0.15, 0.2) is 66.0 Å². The molecule has 138 valence electrons. The van der Waals surface area contributed by atoms with Gasteiger partial charge in [-0.1, -0.05) is 30.3 Å². The molecular formula is C20H20N4O3. The summed E-state index contributed by atoms with van der Waals surface area (Å²) in [6.07, 6.45) is 1.58. The molecule has 0 radical (unpaired) electrons. The summed E-state index contributed by atoms with van der Waals surface area (Å²) in [7, 11) is 1.66. The number of hydrogen-bond acceptors (Lipinski definition) is 3. The molecule has 7 heteroatoms. The number of imidazole rings is 1. The Morgan fingerprint density at radius 3 is 2.48 bits per heavy atom. The van der Waals surface area contributed by atoms with E-state index in [1.807, 2.05) is 18.2 Å². The van der Waals surface area contributed by atoms with Gasteiger partial charge in [-0.15, -0.1) is 6.58 Å². The molecule has 0 aliphatic carbocycles. The SMILES string of the molecule is C=CCNC(=O)c1ccccc1NC(=O)Cn1c(=O)n(C)c2ccccc21. The van der Waals surface area contributed by atoms with Crippen LogP contribution in [0.2, 0.25) is 0 Å². The Labute approximate surface area is 155 Å². The van der Waals surface area contributed by atoms with Crippen LogP contribution < -0.4 is 16.3 Å². The zero-order chi connectivity index (χ0) is 19.4. The van der Waals surface area contributed by atoms with Gasteiger partial charge in [-0.2, -0.15) is 0 Å². The molecule has 3 aromatic rings. The van der Waals surface area contributed by atoms with Crippen molar-refractivity contribution in [3.05, 3.63) is 77.2 Å². The fraction of sp³-hybridized carbons (Fsp3) is 0.150. The van der Waals surface area contributed by atoms with E-state index in [-0.39, 0.29) is 18.1 Å². The first-order valence-corrected chi connectivity index (χ1v) is 8.45. The molecule has 0 saturated carbocycles. The molecule has 3 rings (SSSR count). The fourth-order valence-corrected chi connectivity index (χ4v) is 2.90. The van der Waals surface area contributed by atoms with E-state index in [0.717, 1.165) is 5.52 Å². The van der Waals surface area contributed by atoms with Gasteiger partial charge in [0.1, 0.15) is 6.54 Å². The molecule has 2 N–H and O–H groups in total. The second-order valence-corrected chi connectivity index (χ2v) is 6.01. The molecule has 0 aliphatic rings. The van der Waals surface area contributed by atoms with E-state index in [9.17, 15) is 14.4 Å². The van der Waals surface area contributed by atoms with Gasteiger partial charge in [0.2, 0.25) is 5.91 Å². The molecule has 2 aromatic carbocycles. The number of aromatic nitrogens is 2. The second kappa shape index (κ2) is 7.74. The highest BCUT2D eigenvalue weighted by Gasteiger charge is 2.16. The maximum absolute atomic E-state index is 12.5. The zero-order valence-electron chi connectivity index (χ0n) is 14.9. The third kappa shape index (κ3) is 3.67. The number of fused-ring (bicyclic) bond motifs is 1. The lowest BCUT2D eigenvalue weighted by molar-refractivity contribution is -0.116. The standard InChI is InChI=1S/C20H20N4O3/c1-3-12-21-19(26)14-8-4-5-9-15(14)22-18(25)13-24-17-11-7-6-10-16(17)23(2)20(24)27/h3-11H,1,12-13H2,2H3,(H,21,26)(H,22,25). The van der Waals surface area contributed by atoms with Crippen molar-refractivity contribution in [1.29, 1.82) is 0 Å². The minimum Gasteiger partial charge on any atom is -0.349 e. The maximum atomic E-state index is 12.5. The lowest BCUT2D eigenvalue weighted by Crippen LogP contribution is -2.29. The molecule has 0 aliphatic heterocycles. The minimum atomic E-state index is -0.391. The molecular weight excluding hydrogens is 344 g/mol. The van der Waals surface area contributed by atoms with Crippen molar-refractivity contribution < 1.29 is 9.59 Å². The highest BCUT2D eigenvalue weighted by molar-refractivity contribution is 6.03. The number of benzene rings is 2. The monoisotopic (exact) mass is 364 g/mol. The predicted molar refractivity (Wildman–Crippen MR) is 105 cm³/mol. The summed E-state index contributed by atoms with van der Waals surface area (Å²) < 4.78 is 2.91. The Bertz CT molecular complexity index is 1080. The quantitative estimate of drug-likeness (QED) is 0.655. The first-order chi connectivity index (χ1) is 13.0. The van der Waals surface area contributed by atoms with Crippen LogP contribution in [0.4, 0.5) is 5.69 Å². The summed E-state index contributed by atoms with van der Waals surface area (Å²) in [6, 6.07) is 14.0. The normalized spacial score (nSPS) is 10.6. The molecule has 0 atom stereocenters.